The van der Waals surface area contributed by atoms with Crippen molar-refractivity contribution in [3.8, 4) is 0 Å². The van der Waals surface area contributed by atoms with Crippen LogP contribution in [0.1, 0.15) is 12.8 Å². The zero-order valence-corrected chi connectivity index (χ0v) is 6.97. The molecule has 0 N–H and O–H groups in total. The largest absolute Gasteiger partial charge is 0.316 e. The lowest BCUT2D eigenvalue weighted by Gasteiger charge is -2.27. The molecule has 7 heteroatoms. The summed E-state index contributed by atoms with van der Waals surface area (Å²) in [7, 11) is 0. The van der Waals surface area contributed by atoms with Gasteiger partial charge in [0, 0.05) is 6.42 Å². The van der Waals surface area contributed by atoms with Crippen LogP contribution >= 0.6 is 0 Å². The van der Waals surface area contributed by atoms with Gasteiger partial charge in [0.25, 0.3) is 5.92 Å². The summed E-state index contributed by atoms with van der Waals surface area (Å²) in [5.41, 5.74) is 0. The predicted molar refractivity (Wildman–Crippen MR) is 35.4 cm³/mol. The van der Waals surface area contributed by atoms with Crippen LogP contribution in [-0.2, 0) is 0 Å². The van der Waals surface area contributed by atoms with E-state index in [9.17, 15) is 30.7 Å². The van der Waals surface area contributed by atoms with Crippen molar-refractivity contribution in [2.45, 2.75) is 30.6 Å². The predicted octanol–water partition coefficient (Wildman–Crippen LogP) is 3.48. The Hall–Kier alpha value is -0.490. The molecule has 0 atom stereocenters. The van der Waals surface area contributed by atoms with Crippen LogP contribution in [0, 0.1) is 6.92 Å². The molecule has 0 saturated carbocycles. The van der Waals surface area contributed by atoms with Crippen LogP contribution in [-0.4, -0.2) is 24.4 Å². The first-order valence-electron chi connectivity index (χ1n) is 3.57. The van der Waals surface area contributed by atoms with Gasteiger partial charge in [-0.1, -0.05) is 0 Å². The van der Waals surface area contributed by atoms with Crippen LogP contribution in [0.2, 0.25) is 0 Å². The first kappa shape index (κ1) is 13.5. The van der Waals surface area contributed by atoms with Crippen LogP contribution < -0.4 is 0 Å². The zero-order chi connectivity index (χ0) is 11.6. The standard InChI is InChI=1S/C7H8F7/c1-2-6(11,12)7(13,14)3-5(9,10)4-8/h1-4H2. The van der Waals surface area contributed by atoms with E-state index in [0.29, 0.717) is 0 Å². The average Bonchev–Trinajstić information content (AvgIpc) is 2.02. The normalized spacial score (nSPS) is 14.6. The average molecular weight is 225 g/mol. The fourth-order valence-electron chi connectivity index (χ4n) is 0.684. The Kier molecular flexibility index (Phi) is 3.80. The van der Waals surface area contributed by atoms with Crippen molar-refractivity contribution in [1.29, 1.82) is 0 Å². The van der Waals surface area contributed by atoms with Crippen molar-refractivity contribution < 1.29 is 30.7 Å². The minimum atomic E-state index is -4.95. The molecule has 0 aromatic heterocycles. The van der Waals surface area contributed by atoms with Crippen molar-refractivity contribution in [2.75, 3.05) is 6.67 Å². The molecule has 0 amide bonds. The molecule has 0 fully saturated rings. The lowest BCUT2D eigenvalue weighted by Crippen LogP contribution is -2.44. The van der Waals surface area contributed by atoms with Crippen molar-refractivity contribution in [3.63, 3.8) is 0 Å². The van der Waals surface area contributed by atoms with Crippen molar-refractivity contribution in [1.82, 2.24) is 0 Å². The third-order valence-corrected chi connectivity index (χ3v) is 1.53. The maximum absolute atomic E-state index is 12.4. The Labute approximate surface area is 76.1 Å². The van der Waals surface area contributed by atoms with Gasteiger partial charge in [0.2, 0.25) is 0 Å². The van der Waals surface area contributed by atoms with Crippen molar-refractivity contribution in [2.24, 2.45) is 0 Å². The number of alkyl halides is 7. The van der Waals surface area contributed by atoms with Gasteiger partial charge in [-0.05, 0) is 6.92 Å². The van der Waals surface area contributed by atoms with E-state index < -0.39 is 37.3 Å². The van der Waals surface area contributed by atoms with Crippen LogP contribution in [0.5, 0.6) is 0 Å². The molecule has 0 aromatic carbocycles. The molecule has 0 aromatic rings. The summed E-state index contributed by atoms with van der Waals surface area (Å²) in [4.78, 5) is 0. The fourth-order valence-corrected chi connectivity index (χ4v) is 0.684. The van der Waals surface area contributed by atoms with Crippen LogP contribution in [0.4, 0.5) is 30.7 Å². The van der Waals surface area contributed by atoms with E-state index in [1.165, 1.54) is 0 Å². The van der Waals surface area contributed by atoms with Gasteiger partial charge in [0.1, 0.15) is 0 Å². The monoisotopic (exact) mass is 225 g/mol. The van der Waals surface area contributed by atoms with Gasteiger partial charge in [-0.15, -0.1) is 0 Å². The maximum Gasteiger partial charge on any atom is 0.316 e. The van der Waals surface area contributed by atoms with Gasteiger partial charge in [0.05, 0.1) is 6.42 Å². The van der Waals surface area contributed by atoms with Gasteiger partial charge < -0.3 is 0 Å². The molecule has 0 heterocycles. The summed E-state index contributed by atoms with van der Waals surface area (Å²) in [6, 6.07) is 0. The van der Waals surface area contributed by atoms with Gasteiger partial charge in [-0.25, -0.2) is 13.2 Å². The Morgan fingerprint density at radius 1 is 0.857 bits per heavy atom. The lowest BCUT2D eigenvalue weighted by atomic mass is 10.0. The first-order valence-corrected chi connectivity index (χ1v) is 3.57. The minimum absolute atomic E-state index is 1.53. The van der Waals surface area contributed by atoms with E-state index in [1.54, 1.807) is 0 Å². The Bertz CT molecular complexity index is 186. The van der Waals surface area contributed by atoms with Crippen LogP contribution in [0.25, 0.3) is 0 Å². The van der Waals surface area contributed by atoms with Gasteiger partial charge in [-0.2, -0.15) is 17.6 Å². The molecule has 0 saturated heterocycles. The summed E-state index contributed by atoms with van der Waals surface area (Å²) in [5, 5.41) is 0. The summed E-state index contributed by atoms with van der Waals surface area (Å²) in [5.74, 6) is -14.0. The van der Waals surface area contributed by atoms with E-state index in [-0.39, 0.29) is 0 Å². The quantitative estimate of drug-likeness (QED) is 0.628. The first-order chi connectivity index (χ1) is 6.08. The minimum Gasteiger partial charge on any atom is -0.244 e. The maximum atomic E-state index is 12.4. The summed E-state index contributed by atoms with van der Waals surface area (Å²) >= 11 is 0. The number of halogens is 7. The lowest BCUT2D eigenvalue weighted by molar-refractivity contribution is -0.239. The molecule has 1 radical (unpaired) electrons. The second-order valence-electron chi connectivity index (χ2n) is 2.83. The fraction of sp³-hybridized carbons (Fsp3) is 0.857. The molecular weight excluding hydrogens is 217 g/mol. The third kappa shape index (κ3) is 3.02. The number of rotatable bonds is 5. The van der Waals surface area contributed by atoms with Crippen molar-refractivity contribution >= 4 is 0 Å². The van der Waals surface area contributed by atoms with Crippen LogP contribution in [0.3, 0.4) is 0 Å². The molecule has 0 aliphatic heterocycles. The molecule has 14 heavy (non-hydrogen) atoms. The van der Waals surface area contributed by atoms with Gasteiger partial charge >= 0.3 is 11.8 Å². The van der Waals surface area contributed by atoms with Gasteiger partial charge in [-0.3, -0.25) is 0 Å². The molecular formula is C7H8F7. The molecule has 0 spiro atoms. The van der Waals surface area contributed by atoms with E-state index in [4.69, 9.17) is 0 Å². The second-order valence-corrected chi connectivity index (χ2v) is 2.83. The molecule has 0 nitrogen and oxygen atoms in total. The highest BCUT2D eigenvalue weighted by Gasteiger charge is 2.59. The topological polar surface area (TPSA) is 0 Å². The number of hydrogen-bond donors (Lipinski definition) is 0. The highest BCUT2D eigenvalue weighted by atomic mass is 19.3. The molecule has 0 bridgehead atoms. The zero-order valence-electron chi connectivity index (χ0n) is 6.97. The smallest absolute Gasteiger partial charge is 0.244 e. The third-order valence-electron chi connectivity index (χ3n) is 1.53. The highest BCUT2D eigenvalue weighted by molar-refractivity contribution is 4.89. The SMILES string of the molecule is [CH2]CC(F)(F)C(F)(F)CC(F)(F)CF. The molecule has 0 aliphatic rings. The molecule has 85 valence electrons. The summed E-state index contributed by atoms with van der Waals surface area (Å²) in [6.45, 7) is 0.118. The van der Waals surface area contributed by atoms with E-state index >= 15 is 0 Å². The Morgan fingerprint density at radius 3 is 1.57 bits per heavy atom. The highest BCUT2D eigenvalue weighted by Crippen LogP contribution is 2.43. The second kappa shape index (κ2) is 3.94. The summed E-state index contributed by atoms with van der Waals surface area (Å²) < 4.78 is 85.2. The van der Waals surface area contributed by atoms with E-state index in [2.05, 4.69) is 6.92 Å². The van der Waals surface area contributed by atoms with Gasteiger partial charge in [0.15, 0.2) is 6.67 Å². The Morgan fingerprint density at radius 2 is 1.29 bits per heavy atom. The van der Waals surface area contributed by atoms with Crippen molar-refractivity contribution in [3.05, 3.63) is 6.92 Å². The molecule has 0 rings (SSSR count). The molecule has 0 aliphatic carbocycles. The molecule has 0 unspecified atom stereocenters. The number of hydrogen-bond acceptors (Lipinski definition) is 0. The summed E-state index contributed by atoms with van der Waals surface area (Å²) in [6.07, 6.45) is -4.04. The van der Waals surface area contributed by atoms with Crippen LogP contribution in [0.15, 0.2) is 0 Å². The Balaban J connectivity index is 4.64. The van der Waals surface area contributed by atoms with E-state index in [0.717, 1.165) is 0 Å². The van der Waals surface area contributed by atoms with E-state index in [1.807, 2.05) is 0 Å².